The van der Waals surface area contributed by atoms with Crippen molar-refractivity contribution in [3.05, 3.63) is 61.6 Å². The third-order valence-corrected chi connectivity index (χ3v) is 6.58. The Morgan fingerprint density at radius 1 is 1.05 bits per heavy atom. The van der Waals surface area contributed by atoms with Crippen LogP contribution in [0.4, 0.5) is 22.9 Å². The minimum atomic E-state index is -0.276. The highest BCUT2D eigenvalue weighted by Crippen LogP contribution is 2.39. The van der Waals surface area contributed by atoms with Gasteiger partial charge in [0.05, 0.1) is 41.6 Å². The number of hydrogen-bond acceptors (Lipinski definition) is 8. The van der Waals surface area contributed by atoms with Crippen molar-refractivity contribution in [1.82, 2.24) is 24.6 Å². The molecule has 0 spiro atoms. The molecule has 190 valence electrons. The number of benzene rings is 2. The van der Waals surface area contributed by atoms with E-state index >= 15 is 0 Å². The molecule has 3 heterocycles. The number of anilines is 4. The molecule has 1 fully saturated rings. The Bertz CT molecular complexity index is 1460. The normalized spacial score (nSPS) is 14.0. The molecular formula is C27H30N8O2. The van der Waals surface area contributed by atoms with Crippen molar-refractivity contribution in [2.45, 2.75) is 0 Å². The number of nitrogens with one attached hydrogen (secondary N) is 2. The summed E-state index contributed by atoms with van der Waals surface area (Å²) in [6, 6.07) is 11.8. The van der Waals surface area contributed by atoms with Gasteiger partial charge in [0.2, 0.25) is 5.91 Å². The summed E-state index contributed by atoms with van der Waals surface area (Å²) >= 11 is 0. The fourth-order valence-corrected chi connectivity index (χ4v) is 4.47. The van der Waals surface area contributed by atoms with E-state index in [1.807, 2.05) is 48.3 Å². The second-order valence-corrected chi connectivity index (χ2v) is 9.01. The second-order valence-electron chi connectivity index (χ2n) is 9.01. The summed E-state index contributed by atoms with van der Waals surface area (Å²) in [5.74, 6) is 0.965. The summed E-state index contributed by atoms with van der Waals surface area (Å²) in [6.07, 6.45) is 4.63. The zero-order valence-corrected chi connectivity index (χ0v) is 21.2. The van der Waals surface area contributed by atoms with Crippen molar-refractivity contribution in [3.63, 3.8) is 0 Å². The Morgan fingerprint density at radius 3 is 2.62 bits per heavy atom. The number of aromatic nitrogens is 4. The molecule has 5 rings (SSSR count). The van der Waals surface area contributed by atoms with Crippen LogP contribution in [-0.4, -0.2) is 70.9 Å². The Morgan fingerprint density at radius 2 is 1.86 bits per heavy atom. The van der Waals surface area contributed by atoms with E-state index < -0.39 is 0 Å². The number of piperazine rings is 1. The molecule has 1 aliphatic rings. The van der Waals surface area contributed by atoms with Gasteiger partial charge < -0.3 is 25.2 Å². The van der Waals surface area contributed by atoms with E-state index in [1.165, 1.54) is 12.4 Å². The van der Waals surface area contributed by atoms with Crippen molar-refractivity contribution in [2.75, 3.05) is 55.9 Å². The van der Waals surface area contributed by atoms with Crippen LogP contribution in [0.3, 0.4) is 0 Å². The zero-order valence-electron chi connectivity index (χ0n) is 21.2. The third kappa shape index (κ3) is 5.10. The Labute approximate surface area is 215 Å². The van der Waals surface area contributed by atoms with E-state index in [4.69, 9.17) is 4.74 Å². The summed E-state index contributed by atoms with van der Waals surface area (Å²) in [5, 5.41) is 11.7. The molecule has 2 N–H and O–H groups in total. The van der Waals surface area contributed by atoms with Crippen LogP contribution >= 0.6 is 0 Å². The third-order valence-electron chi connectivity index (χ3n) is 6.58. The van der Waals surface area contributed by atoms with Crippen molar-refractivity contribution >= 4 is 39.7 Å². The molecule has 4 aromatic rings. The van der Waals surface area contributed by atoms with Crippen molar-refractivity contribution < 1.29 is 9.53 Å². The number of methoxy groups -OCH3 is 1. The number of ether oxygens (including phenoxy) is 1. The maximum absolute atomic E-state index is 12.3. The molecule has 1 saturated heterocycles. The number of aryl methyl sites for hydroxylation is 1. The molecule has 1 aliphatic heterocycles. The predicted octanol–water partition coefficient (Wildman–Crippen LogP) is 3.66. The smallest absolute Gasteiger partial charge is 0.247 e. The Kier molecular flexibility index (Phi) is 6.74. The molecule has 2 aromatic carbocycles. The number of fused-ring (bicyclic) bond motifs is 1. The SMILES string of the molecule is C=CC(=O)Nc1cc(Nc2cc(-c3ccc4c(cnn4C)c3)ncn2)c(OC)cc1N1CCN(C)CC1. The first-order valence-corrected chi connectivity index (χ1v) is 12.1. The van der Waals surface area contributed by atoms with Crippen LogP contribution in [0.5, 0.6) is 5.75 Å². The van der Waals surface area contributed by atoms with E-state index in [9.17, 15) is 4.79 Å². The molecule has 10 heteroatoms. The number of rotatable bonds is 7. The molecule has 0 radical (unpaired) electrons. The van der Waals surface area contributed by atoms with Crippen LogP contribution in [0.2, 0.25) is 0 Å². The summed E-state index contributed by atoms with van der Waals surface area (Å²) in [5.41, 5.74) is 5.04. The van der Waals surface area contributed by atoms with Gasteiger partial charge in [-0.05, 0) is 31.3 Å². The van der Waals surface area contributed by atoms with Gasteiger partial charge in [-0.2, -0.15) is 5.10 Å². The van der Waals surface area contributed by atoms with Crippen LogP contribution in [0.1, 0.15) is 0 Å². The highest BCUT2D eigenvalue weighted by molar-refractivity contribution is 6.02. The van der Waals surface area contributed by atoms with Gasteiger partial charge in [-0.3, -0.25) is 9.48 Å². The van der Waals surface area contributed by atoms with Gasteiger partial charge in [-0.25, -0.2) is 9.97 Å². The monoisotopic (exact) mass is 498 g/mol. The highest BCUT2D eigenvalue weighted by Gasteiger charge is 2.21. The van der Waals surface area contributed by atoms with Crippen LogP contribution < -0.4 is 20.3 Å². The maximum atomic E-state index is 12.3. The average Bonchev–Trinajstić information content (AvgIpc) is 3.29. The number of hydrogen-bond donors (Lipinski definition) is 2. The summed E-state index contributed by atoms with van der Waals surface area (Å²) in [4.78, 5) is 25.7. The van der Waals surface area contributed by atoms with Gasteiger partial charge in [0.15, 0.2) is 0 Å². The first-order valence-electron chi connectivity index (χ1n) is 12.1. The van der Waals surface area contributed by atoms with Crippen LogP contribution in [0, 0.1) is 0 Å². The van der Waals surface area contributed by atoms with E-state index in [1.54, 1.807) is 7.11 Å². The first-order chi connectivity index (χ1) is 17.9. The van der Waals surface area contributed by atoms with Crippen molar-refractivity contribution in [1.29, 1.82) is 0 Å². The number of likely N-dealkylation sites (N-methyl/N-ethyl adjacent to an activating group) is 1. The lowest BCUT2D eigenvalue weighted by Gasteiger charge is -2.35. The van der Waals surface area contributed by atoms with Gasteiger partial charge in [-0.15, -0.1) is 0 Å². The van der Waals surface area contributed by atoms with E-state index in [0.29, 0.717) is 22.9 Å². The molecule has 0 saturated carbocycles. The standard InChI is InChI=1S/C27H30N8O2/c1-5-27(36)32-21-13-22(25(37-4)15-24(21)35-10-8-33(2)9-11-35)31-26-14-20(28-17-29-26)18-6-7-23-19(12-18)16-30-34(23)3/h5-7,12-17H,1,8-11H2,2-4H3,(H,32,36)(H,28,29,31). The molecule has 10 nitrogen and oxygen atoms in total. The van der Waals surface area contributed by atoms with Gasteiger partial charge in [0.1, 0.15) is 17.9 Å². The van der Waals surface area contributed by atoms with Gasteiger partial charge >= 0.3 is 0 Å². The number of nitrogens with zero attached hydrogens (tertiary/aromatic N) is 6. The lowest BCUT2D eigenvalue weighted by atomic mass is 10.1. The molecule has 37 heavy (non-hydrogen) atoms. The minimum absolute atomic E-state index is 0.276. The molecule has 1 amide bonds. The molecule has 0 bridgehead atoms. The van der Waals surface area contributed by atoms with E-state index in [-0.39, 0.29) is 5.91 Å². The molecule has 2 aromatic heterocycles. The van der Waals surface area contributed by atoms with E-state index in [0.717, 1.165) is 54.0 Å². The lowest BCUT2D eigenvalue weighted by molar-refractivity contribution is -0.111. The molecule has 0 atom stereocenters. The van der Waals surface area contributed by atoms with Crippen LogP contribution in [-0.2, 0) is 11.8 Å². The van der Waals surface area contributed by atoms with Gasteiger partial charge in [-0.1, -0.05) is 12.6 Å². The molecule has 0 unspecified atom stereocenters. The first kappa shape index (κ1) is 24.3. The summed E-state index contributed by atoms with van der Waals surface area (Å²) < 4.78 is 7.58. The Balaban J connectivity index is 1.48. The van der Waals surface area contributed by atoms with Gasteiger partial charge in [0.25, 0.3) is 0 Å². The van der Waals surface area contributed by atoms with Crippen LogP contribution in [0.25, 0.3) is 22.2 Å². The fraction of sp³-hybridized carbons (Fsp3) is 0.259. The van der Waals surface area contributed by atoms with E-state index in [2.05, 4.69) is 55.2 Å². The lowest BCUT2D eigenvalue weighted by Crippen LogP contribution is -2.44. The summed E-state index contributed by atoms with van der Waals surface area (Å²) in [7, 11) is 5.66. The van der Waals surface area contributed by atoms with Crippen molar-refractivity contribution in [3.8, 4) is 17.0 Å². The van der Waals surface area contributed by atoms with Crippen LogP contribution in [0.15, 0.2) is 61.6 Å². The minimum Gasteiger partial charge on any atom is -0.494 e. The molecular weight excluding hydrogens is 468 g/mol. The fourth-order valence-electron chi connectivity index (χ4n) is 4.47. The second kappa shape index (κ2) is 10.3. The Hall–Kier alpha value is -4.44. The van der Waals surface area contributed by atoms with Crippen molar-refractivity contribution in [2.24, 2.45) is 7.05 Å². The highest BCUT2D eigenvalue weighted by atomic mass is 16.5. The predicted molar refractivity (Wildman–Crippen MR) is 147 cm³/mol. The average molecular weight is 499 g/mol. The number of carbonyl (C=O) groups is 1. The quantitative estimate of drug-likeness (QED) is 0.373. The zero-order chi connectivity index (χ0) is 25.9. The summed E-state index contributed by atoms with van der Waals surface area (Å²) in [6.45, 7) is 7.16. The van der Waals surface area contributed by atoms with Gasteiger partial charge in [0, 0.05) is 56.3 Å². The number of amides is 1. The topological polar surface area (TPSA) is 100 Å². The molecule has 0 aliphatic carbocycles. The largest absolute Gasteiger partial charge is 0.494 e. The maximum Gasteiger partial charge on any atom is 0.247 e. The number of carbonyl (C=O) groups excluding carboxylic acids is 1.